The van der Waals surface area contributed by atoms with Crippen molar-refractivity contribution in [3.63, 3.8) is 0 Å². The van der Waals surface area contributed by atoms with E-state index >= 15 is 0 Å². The molecular weight excluding hydrogens is 235 g/mol. The molecule has 0 aromatic carbocycles. The van der Waals surface area contributed by atoms with Gasteiger partial charge in [-0.25, -0.2) is 9.37 Å². The van der Waals surface area contributed by atoms with E-state index < -0.39 is 0 Å². The van der Waals surface area contributed by atoms with E-state index in [1.165, 1.54) is 30.9 Å². The van der Waals surface area contributed by atoms with Crippen LogP contribution in [0.3, 0.4) is 0 Å². The van der Waals surface area contributed by atoms with Gasteiger partial charge in [-0.2, -0.15) is 11.8 Å². The highest BCUT2D eigenvalue weighted by Crippen LogP contribution is 2.26. The molecule has 1 saturated heterocycles. The largest absolute Gasteiger partial charge is 0.367 e. The van der Waals surface area contributed by atoms with Crippen LogP contribution < -0.4 is 5.32 Å². The lowest BCUT2D eigenvalue weighted by atomic mass is 10.2. The van der Waals surface area contributed by atoms with Gasteiger partial charge in [0.05, 0.1) is 5.02 Å². The summed E-state index contributed by atoms with van der Waals surface area (Å²) in [6.45, 7) is 0.774. The van der Waals surface area contributed by atoms with Gasteiger partial charge in [-0.15, -0.1) is 0 Å². The predicted octanol–water partition coefficient (Wildman–Crippen LogP) is 3.18. The van der Waals surface area contributed by atoms with E-state index in [4.69, 9.17) is 11.6 Å². The van der Waals surface area contributed by atoms with Crippen LogP contribution >= 0.6 is 23.4 Å². The van der Waals surface area contributed by atoms with Crippen LogP contribution in [0.5, 0.6) is 0 Å². The molecule has 1 aromatic rings. The zero-order chi connectivity index (χ0) is 10.7. The molecule has 2 nitrogen and oxygen atoms in total. The normalized spacial score (nSPS) is 20.5. The Kier molecular flexibility index (Phi) is 3.70. The summed E-state index contributed by atoms with van der Waals surface area (Å²) in [4.78, 5) is 3.91. The first-order valence-electron chi connectivity index (χ1n) is 4.92. The lowest BCUT2D eigenvalue weighted by Crippen LogP contribution is -2.15. The number of thioether (sulfide) groups is 1. The first kappa shape index (κ1) is 11.0. The van der Waals surface area contributed by atoms with E-state index in [0.717, 1.165) is 6.54 Å². The summed E-state index contributed by atoms with van der Waals surface area (Å²) in [5.41, 5.74) is 0. The highest BCUT2D eigenvalue weighted by molar-refractivity contribution is 8.00. The van der Waals surface area contributed by atoms with Crippen molar-refractivity contribution < 1.29 is 4.39 Å². The summed E-state index contributed by atoms with van der Waals surface area (Å²) in [5.74, 6) is 1.13. The average molecular weight is 247 g/mol. The SMILES string of the molecule is Fc1cc(Cl)cnc1NCC1CCCS1. The van der Waals surface area contributed by atoms with Gasteiger partial charge in [-0.05, 0) is 24.7 Å². The monoisotopic (exact) mass is 246 g/mol. The Morgan fingerprint density at radius 1 is 1.67 bits per heavy atom. The fourth-order valence-electron chi connectivity index (χ4n) is 1.56. The van der Waals surface area contributed by atoms with E-state index in [1.807, 2.05) is 11.8 Å². The summed E-state index contributed by atoms with van der Waals surface area (Å²) in [6.07, 6.45) is 3.91. The lowest BCUT2D eigenvalue weighted by molar-refractivity contribution is 0.623. The number of nitrogens with one attached hydrogen (secondary N) is 1. The summed E-state index contributed by atoms with van der Waals surface area (Å²) in [5, 5.41) is 3.93. The van der Waals surface area contributed by atoms with Gasteiger partial charge in [-0.3, -0.25) is 0 Å². The van der Waals surface area contributed by atoms with Gasteiger partial charge in [0.15, 0.2) is 11.6 Å². The smallest absolute Gasteiger partial charge is 0.166 e. The molecule has 2 heterocycles. The zero-order valence-electron chi connectivity index (χ0n) is 8.17. The topological polar surface area (TPSA) is 24.9 Å². The zero-order valence-corrected chi connectivity index (χ0v) is 9.74. The third-order valence-corrected chi connectivity index (χ3v) is 3.93. The van der Waals surface area contributed by atoms with Crippen LogP contribution in [0.15, 0.2) is 12.3 Å². The molecule has 1 unspecified atom stereocenters. The molecule has 82 valence electrons. The number of halogens is 2. The molecule has 5 heteroatoms. The maximum atomic E-state index is 13.3. The standard InChI is InChI=1S/C10H12ClFN2S/c11-7-4-9(12)10(13-5-7)14-6-8-2-1-3-15-8/h4-5,8H,1-3,6H2,(H,13,14). The van der Waals surface area contributed by atoms with Gasteiger partial charge >= 0.3 is 0 Å². The molecule has 1 fully saturated rings. The van der Waals surface area contributed by atoms with E-state index in [1.54, 1.807) is 0 Å². The van der Waals surface area contributed by atoms with Crippen LogP contribution in [-0.4, -0.2) is 22.5 Å². The lowest BCUT2D eigenvalue weighted by Gasteiger charge is -2.10. The Hall–Kier alpha value is -0.480. The number of anilines is 1. The minimum absolute atomic E-state index is 0.298. The van der Waals surface area contributed by atoms with E-state index in [2.05, 4.69) is 10.3 Å². The summed E-state index contributed by atoms with van der Waals surface area (Å²) < 4.78 is 13.3. The van der Waals surface area contributed by atoms with Crippen LogP contribution in [0.2, 0.25) is 5.02 Å². The minimum Gasteiger partial charge on any atom is -0.367 e. The van der Waals surface area contributed by atoms with Gasteiger partial charge in [0.25, 0.3) is 0 Å². The van der Waals surface area contributed by atoms with Crippen molar-refractivity contribution in [2.24, 2.45) is 0 Å². The van der Waals surface area contributed by atoms with Crippen molar-refractivity contribution in [1.29, 1.82) is 0 Å². The molecule has 0 bridgehead atoms. The Morgan fingerprint density at radius 2 is 2.53 bits per heavy atom. The molecule has 2 rings (SSSR count). The molecule has 0 amide bonds. The highest BCUT2D eigenvalue weighted by atomic mass is 35.5. The van der Waals surface area contributed by atoms with Gasteiger partial charge in [0.2, 0.25) is 0 Å². The number of aromatic nitrogens is 1. The van der Waals surface area contributed by atoms with E-state index in [0.29, 0.717) is 16.1 Å². The van der Waals surface area contributed by atoms with Crippen molar-refractivity contribution in [3.05, 3.63) is 23.1 Å². The Bertz CT molecular complexity index is 342. The van der Waals surface area contributed by atoms with Gasteiger partial charge in [0.1, 0.15) is 0 Å². The molecule has 15 heavy (non-hydrogen) atoms. The Labute approximate surface area is 97.6 Å². The number of hydrogen-bond donors (Lipinski definition) is 1. The molecule has 0 aliphatic carbocycles. The number of rotatable bonds is 3. The summed E-state index contributed by atoms with van der Waals surface area (Å²) in [7, 11) is 0. The van der Waals surface area contributed by atoms with Gasteiger partial charge < -0.3 is 5.32 Å². The highest BCUT2D eigenvalue weighted by Gasteiger charge is 2.15. The molecule has 0 radical (unpaired) electrons. The Balaban J connectivity index is 1.92. The molecule has 0 spiro atoms. The van der Waals surface area contributed by atoms with Crippen LogP contribution in [-0.2, 0) is 0 Å². The third kappa shape index (κ3) is 2.98. The minimum atomic E-state index is -0.384. The number of nitrogens with zero attached hydrogens (tertiary/aromatic N) is 1. The number of pyridine rings is 1. The first-order valence-corrected chi connectivity index (χ1v) is 6.35. The first-order chi connectivity index (χ1) is 7.25. The van der Waals surface area contributed by atoms with Crippen LogP contribution in [0.1, 0.15) is 12.8 Å². The second-order valence-corrected chi connectivity index (χ2v) is 5.34. The van der Waals surface area contributed by atoms with Crippen LogP contribution in [0.4, 0.5) is 10.2 Å². The molecule has 1 aliphatic heterocycles. The van der Waals surface area contributed by atoms with Crippen LogP contribution in [0, 0.1) is 5.82 Å². The third-order valence-electron chi connectivity index (χ3n) is 2.33. The maximum Gasteiger partial charge on any atom is 0.166 e. The molecule has 1 N–H and O–H groups in total. The van der Waals surface area contributed by atoms with Crippen molar-refractivity contribution in [2.75, 3.05) is 17.6 Å². The van der Waals surface area contributed by atoms with Gasteiger partial charge in [0, 0.05) is 18.0 Å². The second kappa shape index (κ2) is 5.03. The quantitative estimate of drug-likeness (QED) is 0.887. The van der Waals surface area contributed by atoms with Crippen LogP contribution in [0.25, 0.3) is 0 Å². The molecule has 1 aliphatic rings. The van der Waals surface area contributed by atoms with E-state index in [-0.39, 0.29) is 5.82 Å². The van der Waals surface area contributed by atoms with Gasteiger partial charge in [-0.1, -0.05) is 11.6 Å². The molecule has 1 aromatic heterocycles. The van der Waals surface area contributed by atoms with Crippen molar-refractivity contribution in [2.45, 2.75) is 18.1 Å². The number of hydrogen-bond acceptors (Lipinski definition) is 3. The molecule has 0 saturated carbocycles. The fourth-order valence-corrected chi connectivity index (χ4v) is 2.91. The molecule has 1 atom stereocenters. The Morgan fingerprint density at radius 3 is 3.20 bits per heavy atom. The summed E-state index contributed by atoms with van der Waals surface area (Å²) >= 11 is 7.54. The van der Waals surface area contributed by atoms with Crippen molar-refractivity contribution in [3.8, 4) is 0 Å². The van der Waals surface area contributed by atoms with Crippen molar-refractivity contribution in [1.82, 2.24) is 4.98 Å². The molecular formula is C10H12ClFN2S. The predicted molar refractivity (Wildman–Crippen MR) is 63.2 cm³/mol. The average Bonchev–Trinajstić information content (AvgIpc) is 2.69. The maximum absolute atomic E-state index is 13.3. The fraction of sp³-hybridized carbons (Fsp3) is 0.500. The van der Waals surface area contributed by atoms with E-state index in [9.17, 15) is 4.39 Å². The summed E-state index contributed by atoms with van der Waals surface area (Å²) in [6, 6.07) is 1.28. The van der Waals surface area contributed by atoms with Crippen molar-refractivity contribution >= 4 is 29.2 Å². The second-order valence-electron chi connectivity index (χ2n) is 3.50.